The van der Waals surface area contributed by atoms with Gasteiger partial charge in [0.1, 0.15) is 0 Å². The quantitative estimate of drug-likeness (QED) is 0.716. The fourth-order valence-corrected chi connectivity index (χ4v) is 2.12. The highest BCUT2D eigenvalue weighted by atomic mass is 19.4. The van der Waals surface area contributed by atoms with E-state index in [0.29, 0.717) is 31.6 Å². The van der Waals surface area contributed by atoms with Crippen molar-refractivity contribution < 1.29 is 17.9 Å². The number of hydrogen-bond acceptors (Lipinski definition) is 1. The van der Waals surface area contributed by atoms with Gasteiger partial charge in [0.25, 0.3) is 0 Å². The minimum atomic E-state index is -4.26. The Hall–Kier alpha value is -1.03. The van der Waals surface area contributed by atoms with Gasteiger partial charge in [-0.05, 0) is 30.4 Å². The lowest BCUT2D eigenvalue weighted by atomic mass is 9.88. The van der Waals surface area contributed by atoms with Crippen LogP contribution in [0.1, 0.15) is 29.9 Å². The van der Waals surface area contributed by atoms with Gasteiger partial charge in [0.15, 0.2) is 0 Å². The molecule has 1 fully saturated rings. The second-order valence-electron chi connectivity index (χ2n) is 3.97. The van der Waals surface area contributed by atoms with Crippen molar-refractivity contribution in [2.75, 3.05) is 13.2 Å². The standard InChI is InChI=1S/C12H13F3O/c13-12(14,15)11-4-2-1-3-10(11)9-5-7-16-8-6-9/h1-4,9H,5-8H2. The summed E-state index contributed by atoms with van der Waals surface area (Å²) in [5.41, 5.74) is -0.0831. The SMILES string of the molecule is FC(F)(F)c1ccccc1C1CCOCC1. The van der Waals surface area contributed by atoms with Crippen molar-refractivity contribution in [3.63, 3.8) is 0 Å². The fraction of sp³-hybridized carbons (Fsp3) is 0.500. The molecule has 0 atom stereocenters. The molecule has 1 aromatic rings. The Labute approximate surface area is 92.2 Å². The lowest BCUT2D eigenvalue weighted by Crippen LogP contribution is -2.18. The van der Waals surface area contributed by atoms with E-state index in [1.54, 1.807) is 12.1 Å². The summed E-state index contributed by atoms with van der Waals surface area (Å²) < 4.78 is 43.5. The second kappa shape index (κ2) is 4.45. The summed E-state index contributed by atoms with van der Waals surface area (Å²) in [5.74, 6) is -0.0217. The molecule has 1 aliphatic rings. The molecule has 0 unspecified atom stereocenters. The lowest BCUT2D eigenvalue weighted by Gasteiger charge is -2.25. The van der Waals surface area contributed by atoms with E-state index in [-0.39, 0.29) is 5.92 Å². The molecule has 2 rings (SSSR count). The van der Waals surface area contributed by atoms with Crippen molar-refractivity contribution >= 4 is 0 Å². The third kappa shape index (κ3) is 2.38. The highest BCUT2D eigenvalue weighted by Gasteiger charge is 2.35. The van der Waals surface area contributed by atoms with Gasteiger partial charge in [-0.1, -0.05) is 18.2 Å². The molecule has 1 nitrogen and oxygen atoms in total. The van der Waals surface area contributed by atoms with Crippen molar-refractivity contribution in [1.29, 1.82) is 0 Å². The highest BCUT2D eigenvalue weighted by molar-refractivity contribution is 5.32. The van der Waals surface area contributed by atoms with E-state index in [9.17, 15) is 13.2 Å². The Morgan fingerprint density at radius 2 is 1.69 bits per heavy atom. The zero-order valence-corrected chi connectivity index (χ0v) is 8.76. The zero-order valence-electron chi connectivity index (χ0n) is 8.76. The molecule has 0 amide bonds. The van der Waals surface area contributed by atoms with E-state index in [0.717, 1.165) is 6.07 Å². The lowest BCUT2D eigenvalue weighted by molar-refractivity contribution is -0.138. The summed E-state index contributed by atoms with van der Waals surface area (Å²) >= 11 is 0. The van der Waals surface area contributed by atoms with Crippen LogP contribution in [0.3, 0.4) is 0 Å². The number of alkyl halides is 3. The van der Waals surface area contributed by atoms with E-state index in [4.69, 9.17) is 4.74 Å². The Morgan fingerprint density at radius 3 is 2.31 bits per heavy atom. The summed E-state index contributed by atoms with van der Waals surface area (Å²) in [6.45, 7) is 1.10. The molecule has 0 N–H and O–H groups in total. The van der Waals surface area contributed by atoms with Crippen LogP contribution in [0.2, 0.25) is 0 Å². The van der Waals surface area contributed by atoms with E-state index in [1.807, 2.05) is 0 Å². The van der Waals surface area contributed by atoms with Crippen LogP contribution < -0.4 is 0 Å². The maximum atomic E-state index is 12.8. The molecule has 0 bridgehead atoms. The molecule has 16 heavy (non-hydrogen) atoms. The van der Waals surface area contributed by atoms with Gasteiger partial charge >= 0.3 is 6.18 Å². The Balaban J connectivity index is 2.32. The van der Waals surface area contributed by atoms with Crippen LogP contribution in [0.5, 0.6) is 0 Å². The molecule has 0 saturated carbocycles. The molecule has 0 spiro atoms. The predicted octanol–water partition coefficient (Wildman–Crippen LogP) is 3.60. The summed E-state index contributed by atoms with van der Waals surface area (Å²) in [7, 11) is 0. The predicted molar refractivity (Wildman–Crippen MR) is 54.2 cm³/mol. The summed E-state index contributed by atoms with van der Waals surface area (Å²) in [6, 6.07) is 5.84. The molecule has 0 radical (unpaired) electrons. The van der Waals surface area contributed by atoms with Gasteiger partial charge in [-0.3, -0.25) is 0 Å². The van der Waals surface area contributed by atoms with E-state index < -0.39 is 11.7 Å². The van der Waals surface area contributed by atoms with Crippen molar-refractivity contribution in [1.82, 2.24) is 0 Å². The van der Waals surface area contributed by atoms with E-state index in [2.05, 4.69) is 0 Å². The molecule has 88 valence electrons. The Kier molecular flexibility index (Phi) is 3.19. The smallest absolute Gasteiger partial charge is 0.381 e. The monoisotopic (exact) mass is 230 g/mol. The molecular formula is C12H13F3O. The van der Waals surface area contributed by atoms with Gasteiger partial charge < -0.3 is 4.74 Å². The van der Waals surface area contributed by atoms with Crippen molar-refractivity contribution in [3.05, 3.63) is 35.4 Å². The van der Waals surface area contributed by atoms with Gasteiger partial charge in [0.2, 0.25) is 0 Å². The van der Waals surface area contributed by atoms with Gasteiger partial charge in [0, 0.05) is 13.2 Å². The summed E-state index contributed by atoms with van der Waals surface area (Å²) in [6.07, 6.45) is -2.91. The molecule has 4 heteroatoms. The molecule has 1 heterocycles. The van der Waals surface area contributed by atoms with E-state index >= 15 is 0 Å². The van der Waals surface area contributed by atoms with Crippen LogP contribution in [0.15, 0.2) is 24.3 Å². The first-order valence-electron chi connectivity index (χ1n) is 5.33. The summed E-state index contributed by atoms with van der Waals surface area (Å²) in [5, 5.41) is 0. The average molecular weight is 230 g/mol. The van der Waals surface area contributed by atoms with Gasteiger partial charge in [0.05, 0.1) is 5.56 Å². The number of rotatable bonds is 1. The minimum Gasteiger partial charge on any atom is -0.381 e. The first-order chi connectivity index (χ1) is 7.59. The maximum absolute atomic E-state index is 12.8. The Morgan fingerprint density at radius 1 is 1.06 bits per heavy atom. The second-order valence-corrected chi connectivity index (χ2v) is 3.97. The molecule has 1 saturated heterocycles. The van der Waals surface area contributed by atoms with Crippen LogP contribution in [0.25, 0.3) is 0 Å². The van der Waals surface area contributed by atoms with Gasteiger partial charge in [-0.25, -0.2) is 0 Å². The third-order valence-corrected chi connectivity index (χ3v) is 2.93. The number of ether oxygens (including phenoxy) is 1. The normalized spacial score (nSPS) is 18.7. The molecule has 0 aromatic heterocycles. The average Bonchev–Trinajstić information content (AvgIpc) is 2.29. The van der Waals surface area contributed by atoms with Crippen LogP contribution in [-0.2, 0) is 10.9 Å². The fourth-order valence-electron chi connectivity index (χ4n) is 2.12. The minimum absolute atomic E-state index is 0.0217. The van der Waals surface area contributed by atoms with Crippen molar-refractivity contribution in [3.8, 4) is 0 Å². The first kappa shape index (κ1) is 11.5. The van der Waals surface area contributed by atoms with Crippen LogP contribution in [0, 0.1) is 0 Å². The Bertz CT molecular complexity index is 354. The largest absolute Gasteiger partial charge is 0.416 e. The molecule has 1 aliphatic heterocycles. The third-order valence-electron chi connectivity index (χ3n) is 2.93. The topological polar surface area (TPSA) is 9.23 Å². The molecule has 1 aromatic carbocycles. The number of halogens is 3. The first-order valence-corrected chi connectivity index (χ1v) is 5.33. The molecular weight excluding hydrogens is 217 g/mol. The number of hydrogen-bond donors (Lipinski definition) is 0. The van der Waals surface area contributed by atoms with Gasteiger partial charge in [-0.2, -0.15) is 13.2 Å². The van der Waals surface area contributed by atoms with Gasteiger partial charge in [-0.15, -0.1) is 0 Å². The van der Waals surface area contributed by atoms with Crippen molar-refractivity contribution in [2.45, 2.75) is 24.9 Å². The summed E-state index contributed by atoms with van der Waals surface area (Å²) in [4.78, 5) is 0. The highest BCUT2D eigenvalue weighted by Crippen LogP contribution is 2.38. The van der Waals surface area contributed by atoms with E-state index in [1.165, 1.54) is 6.07 Å². The van der Waals surface area contributed by atoms with Crippen molar-refractivity contribution in [2.24, 2.45) is 0 Å². The molecule has 0 aliphatic carbocycles. The maximum Gasteiger partial charge on any atom is 0.416 e. The van der Waals surface area contributed by atoms with Crippen LogP contribution >= 0.6 is 0 Å². The van der Waals surface area contributed by atoms with Crippen LogP contribution in [-0.4, -0.2) is 13.2 Å². The zero-order chi connectivity index (χ0) is 11.6. The number of benzene rings is 1. The van der Waals surface area contributed by atoms with Crippen LogP contribution in [0.4, 0.5) is 13.2 Å².